The molecule has 0 aliphatic carbocycles. The number of hydrogen-bond donors (Lipinski definition) is 2. The van der Waals surface area contributed by atoms with Gasteiger partial charge in [-0.15, -0.1) is 0 Å². The first-order valence-electron chi connectivity index (χ1n) is 7.35. The van der Waals surface area contributed by atoms with E-state index in [-0.39, 0.29) is 12.7 Å². The lowest BCUT2D eigenvalue weighted by Gasteiger charge is -2.10. The van der Waals surface area contributed by atoms with Crippen LogP contribution in [-0.4, -0.2) is 37.9 Å². The molecule has 0 saturated carbocycles. The van der Waals surface area contributed by atoms with Gasteiger partial charge in [-0.3, -0.25) is 9.05 Å². The van der Waals surface area contributed by atoms with Crippen LogP contribution in [0.5, 0.6) is 0 Å². The minimum atomic E-state index is -3.84. The number of amides is 1. The fourth-order valence-electron chi connectivity index (χ4n) is 1.39. The molecule has 2 N–H and O–H groups in total. The Kier molecular flexibility index (Phi) is 11.6. The molecule has 0 aromatic carbocycles. The molecule has 7 nitrogen and oxygen atoms in total. The number of unbranched alkanes of at least 4 members (excludes halogenated alkanes) is 3. The lowest BCUT2D eigenvalue weighted by molar-refractivity contribution is 0.129. The Morgan fingerprint density at radius 3 is 2.57 bits per heavy atom. The maximum atomic E-state index is 11.3. The van der Waals surface area contributed by atoms with Crippen molar-refractivity contribution in [2.75, 3.05) is 26.9 Å². The van der Waals surface area contributed by atoms with Crippen LogP contribution >= 0.6 is 7.82 Å². The van der Waals surface area contributed by atoms with Crippen LogP contribution in [0.25, 0.3) is 0 Å². The Balaban J connectivity index is 3.36. The van der Waals surface area contributed by atoms with E-state index >= 15 is 0 Å². The van der Waals surface area contributed by atoms with Crippen LogP contribution in [0.4, 0.5) is 4.79 Å². The van der Waals surface area contributed by atoms with E-state index in [4.69, 9.17) is 9.63 Å². The van der Waals surface area contributed by atoms with Crippen LogP contribution in [0, 0.1) is 5.92 Å². The molecule has 0 radical (unpaired) electrons. The van der Waals surface area contributed by atoms with Gasteiger partial charge in [0.15, 0.2) is 0 Å². The molecule has 2 atom stereocenters. The summed E-state index contributed by atoms with van der Waals surface area (Å²) in [7, 11) is -2.71. The molecule has 0 fully saturated rings. The highest BCUT2D eigenvalue weighted by Gasteiger charge is 2.17. The van der Waals surface area contributed by atoms with Gasteiger partial charge in [0.1, 0.15) is 0 Å². The predicted molar refractivity (Wildman–Crippen MR) is 80.1 cm³/mol. The van der Waals surface area contributed by atoms with Gasteiger partial charge in [0.2, 0.25) is 0 Å². The van der Waals surface area contributed by atoms with Gasteiger partial charge < -0.3 is 14.9 Å². The van der Waals surface area contributed by atoms with Crippen LogP contribution in [0.3, 0.4) is 0 Å². The Morgan fingerprint density at radius 1 is 1.29 bits per heavy atom. The monoisotopic (exact) mass is 325 g/mol. The highest BCUT2D eigenvalue weighted by Crippen LogP contribution is 2.41. The third kappa shape index (κ3) is 12.8. The first-order valence-corrected chi connectivity index (χ1v) is 8.84. The number of ether oxygens (including phenoxy) is 1. The summed E-state index contributed by atoms with van der Waals surface area (Å²) >= 11 is 0. The number of phosphoric acid groups is 1. The van der Waals surface area contributed by atoms with E-state index in [1.54, 1.807) is 0 Å². The van der Waals surface area contributed by atoms with Crippen LogP contribution in [-0.2, 0) is 18.3 Å². The zero-order valence-electron chi connectivity index (χ0n) is 13.2. The highest BCUT2D eigenvalue weighted by molar-refractivity contribution is 7.47. The Hall–Kier alpha value is -0.620. The standard InChI is InChI=1S/C13H28NO6P/c1-4-12(2)11-19-13(15)14-9-7-5-6-8-10-20-21(16,17)18-3/h12H,4-11H2,1-3H3,(H,14,15)(H,16,17). The molecule has 0 aliphatic rings. The molecule has 0 heterocycles. The van der Waals surface area contributed by atoms with Gasteiger partial charge in [0.25, 0.3) is 0 Å². The minimum absolute atomic E-state index is 0.187. The van der Waals surface area contributed by atoms with Gasteiger partial charge in [-0.2, -0.15) is 0 Å². The Bertz CT molecular complexity index is 326. The van der Waals surface area contributed by atoms with E-state index in [9.17, 15) is 9.36 Å². The highest BCUT2D eigenvalue weighted by atomic mass is 31.2. The van der Waals surface area contributed by atoms with Gasteiger partial charge in [0, 0.05) is 13.7 Å². The maximum Gasteiger partial charge on any atom is 0.471 e. The summed E-state index contributed by atoms with van der Waals surface area (Å²) in [6.07, 6.45) is 3.87. The van der Waals surface area contributed by atoms with Crippen molar-refractivity contribution < 1.29 is 28.0 Å². The lowest BCUT2D eigenvalue weighted by Crippen LogP contribution is -2.26. The molecular weight excluding hydrogens is 297 g/mol. The zero-order valence-corrected chi connectivity index (χ0v) is 14.1. The second-order valence-electron chi connectivity index (χ2n) is 4.94. The zero-order chi connectivity index (χ0) is 16.1. The molecule has 0 spiro atoms. The molecule has 0 aromatic heterocycles. The van der Waals surface area contributed by atoms with E-state index in [1.165, 1.54) is 0 Å². The van der Waals surface area contributed by atoms with Crippen molar-refractivity contribution in [3.05, 3.63) is 0 Å². The van der Waals surface area contributed by atoms with Crippen molar-refractivity contribution in [1.82, 2.24) is 5.32 Å². The summed E-state index contributed by atoms with van der Waals surface area (Å²) in [5, 5.41) is 2.69. The fourth-order valence-corrected chi connectivity index (χ4v) is 1.86. The van der Waals surface area contributed by atoms with Gasteiger partial charge in [-0.05, 0) is 18.8 Å². The molecule has 0 bridgehead atoms. The number of carbonyl (C=O) groups excluding carboxylic acids is 1. The maximum absolute atomic E-state index is 11.3. The largest absolute Gasteiger partial charge is 0.471 e. The smallest absolute Gasteiger partial charge is 0.449 e. The van der Waals surface area contributed by atoms with E-state index in [2.05, 4.69) is 21.3 Å². The third-order valence-corrected chi connectivity index (χ3v) is 3.99. The average Bonchev–Trinajstić information content (AvgIpc) is 2.47. The molecule has 0 aromatic rings. The molecule has 0 rings (SSSR count). The Morgan fingerprint density at radius 2 is 1.95 bits per heavy atom. The predicted octanol–water partition coefficient (Wildman–Crippen LogP) is 3.08. The van der Waals surface area contributed by atoms with E-state index in [0.29, 0.717) is 25.5 Å². The summed E-state index contributed by atoms with van der Waals surface area (Å²) in [5.41, 5.74) is 0. The number of alkyl carbamates (subject to hydrolysis) is 1. The van der Waals surface area contributed by atoms with E-state index < -0.39 is 7.82 Å². The number of rotatable bonds is 12. The van der Waals surface area contributed by atoms with Crippen LogP contribution in [0.2, 0.25) is 0 Å². The van der Waals surface area contributed by atoms with Crippen molar-refractivity contribution in [2.45, 2.75) is 46.0 Å². The molecular formula is C13H28NO6P. The van der Waals surface area contributed by atoms with Gasteiger partial charge >= 0.3 is 13.9 Å². The van der Waals surface area contributed by atoms with Crippen LogP contribution in [0.15, 0.2) is 0 Å². The first-order chi connectivity index (χ1) is 9.91. The second-order valence-corrected chi connectivity index (χ2v) is 6.50. The second kappa shape index (κ2) is 12.0. The number of carbonyl (C=O) groups is 1. The molecule has 0 saturated heterocycles. The SMILES string of the molecule is CCC(C)COC(=O)NCCCCCCOP(=O)(O)OC. The van der Waals surface area contributed by atoms with Gasteiger partial charge in [-0.25, -0.2) is 9.36 Å². The van der Waals surface area contributed by atoms with Crippen molar-refractivity contribution in [3.8, 4) is 0 Å². The van der Waals surface area contributed by atoms with Crippen molar-refractivity contribution in [3.63, 3.8) is 0 Å². The summed E-state index contributed by atoms with van der Waals surface area (Å²) in [6, 6.07) is 0. The summed E-state index contributed by atoms with van der Waals surface area (Å²) in [5.74, 6) is 0.380. The third-order valence-electron chi connectivity index (χ3n) is 3.02. The number of phosphoric ester groups is 1. The topological polar surface area (TPSA) is 94.1 Å². The molecule has 2 unspecified atom stereocenters. The quantitative estimate of drug-likeness (QED) is 0.423. The molecule has 21 heavy (non-hydrogen) atoms. The van der Waals surface area contributed by atoms with E-state index in [0.717, 1.165) is 32.8 Å². The minimum Gasteiger partial charge on any atom is -0.449 e. The average molecular weight is 325 g/mol. The Labute approximate surface area is 127 Å². The molecule has 0 aliphatic heterocycles. The van der Waals surface area contributed by atoms with Gasteiger partial charge in [-0.1, -0.05) is 33.1 Å². The first kappa shape index (κ1) is 20.4. The molecule has 1 amide bonds. The molecule has 126 valence electrons. The van der Waals surface area contributed by atoms with Crippen molar-refractivity contribution in [2.24, 2.45) is 5.92 Å². The molecule has 8 heteroatoms. The fraction of sp³-hybridized carbons (Fsp3) is 0.923. The number of hydrogen-bond acceptors (Lipinski definition) is 5. The normalized spacial score (nSPS) is 15.2. The van der Waals surface area contributed by atoms with Crippen molar-refractivity contribution in [1.29, 1.82) is 0 Å². The van der Waals surface area contributed by atoms with E-state index in [1.807, 2.05) is 6.92 Å². The summed E-state index contributed by atoms with van der Waals surface area (Å²) in [6.45, 7) is 5.28. The van der Waals surface area contributed by atoms with Gasteiger partial charge in [0.05, 0.1) is 13.2 Å². The summed E-state index contributed by atoms with van der Waals surface area (Å²) < 4.78 is 25.0. The lowest BCUT2D eigenvalue weighted by atomic mass is 10.1. The van der Waals surface area contributed by atoms with Crippen LogP contribution in [0.1, 0.15) is 46.0 Å². The van der Waals surface area contributed by atoms with Crippen molar-refractivity contribution >= 4 is 13.9 Å². The number of nitrogens with one attached hydrogen (secondary N) is 1. The van der Waals surface area contributed by atoms with Crippen LogP contribution < -0.4 is 5.32 Å². The summed E-state index contributed by atoms with van der Waals surface area (Å²) in [4.78, 5) is 20.3.